The largest absolute Gasteiger partial charge is 0.590 e. The van der Waals surface area contributed by atoms with Gasteiger partial charge in [0, 0.05) is 0 Å². The van der Waals surface area contributed by atoms with E-state index in [1.54, 1.807) is 0 Å². The first kappa shape index (κ1) is 11.7. The third-order valence-corrected chi connectivity index (χ3v) is 1.47. The van der Waals surface area contributed by atoms with Crippen LogP contribution in [0.3, 0.4) is 0 Å². The summed E-state index contributed by atoms with van der Waals surface area (Å²) in [7, 11) is -5.26. The lowest BCUT2D eigenvalue weighted by Crippen LogP contribution is -2.47. The normalized spacial score (nSPS) is 12.5. The molecule has 0 aromatic carbocycles. The molecule has 0 aliphatic rings. The number of hydrogen-bond acceptors (Lipinski definition) is 7. The van der Waals surface area contributed by atoms with Crippen molar-refractivity contribution in [2.45, 2.75) is 12.8 Å². The van der Waals surface area contributed by atoms with Gasteiger partial charge in [-0.15, -0.1) is 4.18 Å². The fraction of sp³-hybridized carbons (Fsp3) is 1.00. The molecule has 0 rings (SSSR count). The molecule has 0 unspecified atom stereocenters. The van der Waals surface area contributed by atoms with Crippen molar-refractivity contribution in [3.05, 3.63) is 20.2 Å². The topological polar surface area (TPSA) is 150 Å². The summed E-state index contributed by atoms with van der Waals surface area (Å²) in [5, 5.41) is 20.0. The number of rotatable bonds is 4. The molecule has 0 radical (unpaired) electrons. The molecule has 0 heterocycles. The number of hydrogen-bond donors (Lipinski definition) is 1. The Morgan fingerprint density at radius 3 is 1.69 bits per heavy atom. The smallest absolute Gasteiger partial charge is 0.263 e. The SMILES string of the molecule is CC(OS(=O)(=O)O)([N+](=O)[O-])[N+](=O)[O-]. The van der Waals surface area contributed by atoms with Crippen LogP contribution in [-0.2, 0) is 14.6 Å². The van der Waals surface area contributed by atoms with Crippen LogP contribution in [0.25, 0.3) is 0 Å². The highest BCUT2D eigenvalue weighted by Gasteiger charge is 2.57. The van der Waals surface area contributed by atoms with Gasteiger partial charge in [-0.3, -0.25) is 24.8 Å². The molecule has 76 valence electrons. The van der Waals surface area contributed by atoms with Crippen LogP contribution in [-0.4, -0.2) is 28.7 Å². The van der Waals surface area contributed by atoms with Gasteiger partial charge in [0.05, 0.1) is 0 Å². The minimum absolute atomic E-state index is 0.279. The van der Waals surface area contributed by atoms with Gasteiger partial charge in [-0.1, -0.05) is 0 Å². The van der Waals surface area contributed by atoms with E-state index in [2.05, 4.69) is 4.18 Å². The lowest BCUT2D eigenvalue weighted by molar-refractivity contribution is -0.835. The van der Waals surface area contributed by atoms with Gasteiger partial charge in [-0.25, -0.2) is 0 Å². The minimum Gasteiger partial charge on any atom is -0.263 e. The zero-order chi connectivity index (χ0) is 10.9. The summed E-state index contributed by atoms with van der Waals surface area (Å²) in [5.41, 5.74) is 0. The van der Waals surface area contributed by atoms with Crippen molar-refractivity contribution >= 4 is 10.4 Å². The predicted octanol–water partition coefficient (Wildman–Crippen LogP) is -0.967. The van der Waals surface area contributed by atoms with Gasteiger partial charge in [0.1, 0.15) is 16.8 Å². The van der Waals surface area contributed by atoms with E-state index in [9.17, 15) is 28.6 Å². The molecule has 0 fully saturated rings. The van der Waals surface area contributed by atoms with E-state index in [1.165, 1.54) is 0 Å². The van der Waals surface area contributed by atoms with E-state index in [-0.39, 0.29) is 6.92 Å². The Morgan fingerprint density at radius 2 is 1.62 bits per heavy atom. The lowest BCUT2D eigenvalue weighted by atomic mass is 10.5. The number of nitro groups is 2. The summed E-state index contributed by atoms with van der Waals surface area (Å²) in [6, 6.07) is 0. The highest BCUT2D eigenvalue weighted by atomic mass is 32.3. The van der Waals surface area contributed by atoms with Gasteiger partial charge in [-0.05, 0) is 0 Å². The molecular weight excluding hydrogens is 212 g/mol. The van der Waals surface area contributed by atoms with Crippen LogP contribution in [0.4, 0.5) is 0 Å². The van der Waals surface area contributed by atoms with Gasteiger partial charge in [0.25, 0.3) is 0 Å². The Bertz CT molecular complexity index is 316. The molecule has 13 heavy (non-hydrogen) atoms. The quantitative estimate of drug-likeness (QED) is 0.273. The van der Waals surface area contributed by atoms with Crippen molar-refractivity contribution in [3.63, 3.8) is 0 Å². The molecule has 0 saturated heterocycles. The molecule has 0 saturated carbocycles. The predicted molar refractivity (Wildman–Crippen MR) is 35.0 cm³/mol. The van der Waals surface area contributed by atoms with Crippen molar-refractivity contribution < 1.29 is 27.0 Å². The Labute approximate surface area is 71.4 Å². The van der Waals surface area contributed by atoms with Crippen LogP contribution in [0.15, 0.2) is 0 Å². The molecule has 11 heteroatoms. The van der Waals surface area contributed by atoms with E-state index in [1.807, 2.05) is 0 Å². The van der Waals surface area contributed by atoms with Crippen molar-refractivity contribution in [1.29, 1.82) is 0 Å². The van der Waals surface area contributed by atoms with Gasteiger partial charge >= 0.3 is 16.2 Å². The lowest BCUT2D eigenvalue weighted by Gasteiger charge is -2.08. The summed E-state index contributed by atoms with van der Waals surface area (Å²) < 4.78 is 31.2. The summed E-state index contributed by atoms with van der Waals surface area (Å²) >= 11 is 0. The maximum absolute atomic E-state index is 10.0. The molecule has 0 bridgehead atoms. The maximum atomic E-state index is 10.0. The second-order valence-corrected chi connectivity index (χ2v) is 2.98. The molecule has 1 N–H and O–H groups in total. The van der Waals surface area contributed by atoms with Crippen molar-refractivity contribution in [2.24, 2.45) is 0 Å². The third kappa shape index (κ3) is 2.89. The number of nitrogens with zero attached hydrogens (tertiary/aromatic N) is 2. The van der Waals surface area contributed by atoms with Gasteiger partial charge in [0.15, 0.2) is 0 Å². The van der Waals surface area contributed by atoms with Crippen LogP contribution < -0.4 is 0 Å². The van der Waals surface area contributed by atoms with Crippen molar-refractivity contribution in [2.75, 3.05) is 0 Å². The van der Waals surface area contributed by atoms with E-state index in [4.69, 9.17) is 4.55 Å². The Balaban J connectivity index is 5.06. The summed E-state index contributed by atoms with van der Waals surface area (Å²) in [6.07, 6.45) is 0. The highest BCUT2D eigenvalue weighted by Crippen LogP contribution is 2.14. The van der Waals surface area contributed by atoms with Crippen molar-refractivity contribution in [3.8, 4) is 0 Å². The molecule has 0 aliphatic carbocycles. The molecule has 0 amide bonds. The molecule has 0 aromatic rings. The second-order valence-electron chi connectivity index (χ2n) is 1.96. The van der Waals surface area contributed by atoms with Crippen molar-refractivity contribution in [1.82, 2.24) is 0 Å². The average molecular weight is 216 g/mol. The summed E-state index contributed by atoms with van der Waals surface area (Å²) in [6.45, 7) is 0.279. The minimum atomic E-state index is -5.26. The van der Waals surface area contributed by atoms with Gasteiger partial charge < -0.3 is 0 Å². The standard InChI is InChI=1S/C2H4N2O8S/c1-2(3(5)6,4(7)8)12-13(9,10)11/h1H3,(H,9,10,11). The van der Waals surface area contributed by atoms with E-state index >= 15 is 0 Å². The zero-order valence-electron chi connectivity index (χ0n) is 6.11. The Kier molecular flexibility index (Phi) is 2.87. The molecular formula is C2H4N2O8S. The first-order valence-corrected chi connectivity index (χ1v) is 3.93. The van der Waals surface area contributed by atoms with E-state index in [0.717, 1.165) is 0 Å². The molecule has 0 aromatic heterocycles. The van der Waals surface area contributed by atoms with Crippen LogP contribution >= 0.6 is 0 Å². The average Bonchev–Trinajstić information content (AvgIpc) is 1.82. The Morgan fingerprint density at radius 1 is 1.31 bits per heavy atom. The zero-order valence-corrected chi connectivity index (χ0v) is 6.92. The van der Waals surface area contributed by atoms with Gasteiger partial charge in [-0.2, -0.15) is 8.42 Å². The monoisotopic (exact) mass is 216 g/mol. The highest BCUT2D eigenvalue weighted by molar-refractivity contribution is 7.80. The fourth-order valence-electron chi connectivity index (χ4n) is 0.327. The molecule has 0 atom stereocenters. The van der Waals surface area contributed by atoms with Crippen LogP contribution in [0, 0.1) is 20.2 Å². The summed E-state index contributed by atoms with van der Waals surface area (Å²) in [5.74, 6) is -3.41. The van der Waals surface area contributed by atoms with E-state index < -0.39 is 26.1 Å². The van der Waals surface area contributed by atoms with Crippen LogP contribution in [0.2, 0.25) is 0 Å². The van der Waals surface area contributed by atoms with Gasteiger partial charge in [0.2, 0.25) is 0 Å². The first-order chi connectivity index (χ1) is 5.59. The second kappa shape index (κ2) is 3.20. The summed E-state index contributed by atoms with van der Waals surface area (Å²) in [4.78, 5) is 16.8. The third-order valence-electron chi connectivity index (χ3n) is 0.941. The van der Waals surface area contributed by atoms with E-state index in [0.29, 0.717) is 0 Å². The molecule has 10 nitrogen and oxygen atoms in total. The Hall–Kier alpha value is -1.33. The van der Waals surface area contributed by atoms with Crippen LogP contribution in [0.1, 0.15) is 6.92 Å². The fourth-order valence-corrected chi connectivity index (χ4v) is 0.848. The first-order valence-electron chi connectivity index (χ1n) is 2.56. The molecule has 0 spiro atoms. The maximum Gasteiger partial charge on any atom is 0.590 e. The molecule has 0 aliphatic heterocycles. The van der Waals surface area contributed by atoms with Crippen LogP contribution in [0.5, 0.6) is 0 Å².